The van der Waals surface area contributed by atoms with Crippen LogP contribution in [0, 0.1) is 0 Å². The molecule has 33 heavy (non-hydrogen) atoms. The maximum Gasteiger partial charge on any atom is 0.289 e. The van der Waals surface area contributed by atoms with Crippen LogP contribution in [0.1, 0.15) is 28.6 Å². The molecule has 1 saturated heterocycles. The zero-order valence-electron chi connectivity index (χ0n) is 19.5. The topological polar surface area (TPSA) is 79.5 Å². The Labute approximate surface area is 212 Å². The Morgan fingerprint density at radius 3 is 2.52 bits per heavy atom. The third-order valence-corrected chi connectivity index (χ3v) is 5.32. The lowest BCUT2D eigenvalue weighted by Crippen LogP contribution is -2.53. The molecule has 0 unspecified atom stereocenters. The Morgan fingerprint density at radius 2 is 1.94 bits per heavy atom. The van der Waals surface area contributed by atoms with Gasteiger partial charge in [-0.3, -0.25) is 4.79 Å². The summed E-state index contributed by atoms with van der Waals surface area (Å²) in [6, 6.07) is 7.46. The molecule has 0 saturated carbocycles. The second-order valence-corrected chi connectivity index (χ2v) is 7.41. The molecule has 1 aromatic heterocycles. The highest BCUT2D eigenvalue weighted by Crippen LogP contribution is 2.33. The van der Waals surface area contributed by atoms with Crippen molar-refractivity contribution < 1.29 is 18.7 Å². The lowest BCUT2D eigenvalue weighted by atomic mass is 10.1. The number of aliphatic imine (C=N–C) groups is 1. The van der Waals surface area contributed by atoms with Gasteiger partial charge in [-0.1, -0.05) is 6.08 Å². The molecule has 2 aromatic rings. The molecule has 0 spiro atoms. The average molecular weight is 568 g/mol. The number of carbonyl (C=O) groups is 1. The third-order valence-electron chi connectivity index (χ3n) is 5.32. The first-order valence-electron chi connectivity index (χ1n) is 10.8. The summed E-state index contributed by atoms with van der Waals surface area (Å²) in [5.74, 6) is 2.55. The zero-order chi connectivity index (χ0) is 22.9. The number of rotatable bonds is 8. The van der Waals surface area contributed by atoms with Gasteiger partial charge in [0.25, 0.3) is 5.91 Å². The number of hydrogen-bond donors (Lipinski definition) is 1. The van der Waals surface area contributed by atoms with Gasteiger partial charge in [-0.2, -0.15) is 0 Å². The average Bonchev–Trinajstić information content (AvgIpc) is 3.36. The van der Waals surface area contributed by atoms with Gasteiger partial charge in [0.1, 0.15) is 0 Å². The maximum atomic E-state index is 12.5. The summed E-state index contributed by atoms with van der Waals surface area (Å²) in [6.07, 6.45) is 4.05. The summed E-state index contributed by atoms with van der Waals surface area (Å²) in [4.78, 5) is 21.4. The van der Waals surface area contributed by atoms with Gasteiger partial charge in [-0.25, -0.2) is 4.99 Å². The molecule has 1 N–H and O–H groups in total. The van der Waals surface area contributed by atoms with Gasteiger partial charge in [0, 0.05) is 38.3 Å². The largest absolute Gasteiger partial charge is 0.493 e. The Bertz CT molecular complexity index is 938. The molecular formula is C24H33IN4O4. The van der Waals surface area contributed by atoms with Crippen molar-refractivity contribution in [1.29, 1.82) is 0 Å². The number of allylic oxidation sites excluding steroid dienone is 1. The van der Waals surface area contributed by atoms with Crippen LogP contribution in [-0.2, 0) is 13.0 Å². The number of nitrogens with one attached hydrogen (secondary N) is 1. The minimum absolute atomic E-state index is 0. The molecule has 8 nitrogen and oxygen atoms in total. The highest BCUT2D eigenvalue weighted by molar-refractivity contribution is 14.0. The fourth-order valence-corrected chi connectivity index (χ4v) is 3.77. The standard InChI is InChI=1S/C24H32N4O4.HI/c1-5-8-19-15-18(16-21(30-3)22(19)31-4)17-26-24(25-6-2)28-12-10-27(11-13-28)23(29)20-9-7-14-32-20;/h5,7,9,14-16H,1,6,8,10-13,17H2,2-4H3,(H,25,26);1H. The van der Waals surface area contributed by atoms with Crippen LogP contribution in [0.15, 0.2) is 52.6 Å². The van der Waals surface area contributed by atoms with Crippen LogP contribution in [0.5, 0.6) is 11.5 Å². The number of hydrogen-bond acceptors (Lipinski definition) is 5. The second-order valence-electron chi connectivity index (χ2n) is 7.41. The normalized spacial score (nSPS) is 13.8. The number of guanidine groups is 1. The number of amides is 1. The van der Waals surface area contributed by atoms with E-state index in [0.29, 0.717) is 50.7 Å². The van der Waals surface area contributed by atoms with Gasteiger partial charge in [-0.05, 0) is 43.2 Å². The Morgan fingerprint density at radius 1 is 1.21 bits per heavy atom. The zero-order valence-corrected chi connectivity index (χ0v) is 21.8. The van der Waals surface area contributed by atoms with Crippen LogP contribution < -0.4 is 14.8 Å². The van der Waals surface area contributed by atoms with E-state index in [2.05, 4.69) is 22.9 Å². The van der Waals surface area contributed by atoms with Crippen molar-refractivity contribution in [3.8, 4) is 11.5 Å². The predicted molar refractivity (Wildman–Crippen MR) is 140 cm³/mol. The highest BCUT2D eigenvalue weighted by Gasteiger charge is 2.25. The lowest BCUT2D eigenvalue weighted by Gasteiger charge is -2.36. The number of methoxy groups -OCH3 is 2. The minimum Gasteiger partial charge on any atom is -0.493 e. The van der Waals surface area contributed by atoms with Crippen LogP contribution >= 0.6 is 24.0 Å². The molecular weight excluding hydrogens is 535 g/mol. The van der Waals surface area contributed by atoms with Gasteiger partial charge < -0.3 is 29.0 Å². The Hall–Kier alpha value is -2.69. The molecule has 3 rings (SSSR count). The molecule has 1 aliphatic rings. The first kappa shape index (κ1) is 26.6. The monoisotopic (exact) mass is 568 g/mol. The van der Waals surface area contributed by atoms with E-state index in [-0.39, 0.29) is 29.9 Å². The van der Waals surface area contributed by atoms with Gasteiger partial charge >= 0.3 is 0 Å². The number of furan rings is 1. The second kappa shape index (κ2) is 13.1. The van der Waals surface area contributed by atoms with E-state index < -0.39 is 0 Å². The van der Waals surface area contributed by atoms with Crippen molar-refractivity contribution in [2.75, 3.05) is 46.9 Å². The smallest absolute Gasteiger partial charge is 0.289 e. The minimum atomic E-state index is -0.0725. The van der Waals surface area contributed by atoms with E-state index >= 15 is 0 Å². The molecule has 0 bridgehead atoms. The fourth-order valence-electron chi connectivity index (χ4n) is 3.77. The summed E-state index contributed by atoms with van der Waals surface area (Å²) < 4.78 is 16.3. The molecule has 180 valence electrons. The molecule has 1 amide bonds. The summed E-state index contributed by atoms with van der Waals surface area (Å²) in [6.45, 7) is 9.77. The first-order chi connectivity index (χ1) is 15.6. The van der Waals surface area contributed by atoms with Gasteiger partial charge in [0.05, 0.1) is 27.0 Å². The summed E-state index contributed by atoms with van der Waals surface area (Å²) in [5.41, 5.74) is 2.05. The van der Waals surface area contributed by atoms with Crippen molar-refractivity contribution in [2.24, 2.45) is 4.99 Å². The van der Waals surface area contributed by atoms with Crippen LogP contribution in [-0.4, -0.2) is 68.6 Å². The van der Waals surface area contributed by atoms with E-state index in [1.807, 2.05) is 24.0 Å². The number of ether oxygens (including phenoxy) is 2. The number of piperazine rings is 1. The number of halogens is 1. The van der Waals surface area contributed by atoms with Crippen molar-refractivity contribution in [2.45, 2.75) is 19.9 Å². The molecule has 1 fully saturated rings. The van der Waals surface area contributed by atoms with Gasteiger partial charge in [0.2, 0.25) is 0 Å². The molecule has 0 aliphatic carbocycles. The number of benzene rings is 1. The quantitative estimate of drug-likeness (QED) is 0.227. The third kappa shape index (κ3) is 6.66. The molecule has 1 aromatic carbocycles. The number of nitrogens with zero attached hydrogens (tertiary/aromatic N) is 3. The van der Waals surface area contributed by atoms with Crippen molar-refractivity contribution in [3.05, 3.63) is 60.1 Å². The van der Waals surface area contributed by atoms with Crippen molar-refractivity contribution >= 4 is 35.8 Å². The molecule has 2 heterocycles. The molecule has 9 heteroatoms. The van der Waals surface area contributed by atoms with Crippen molar-refractivity contribution in [3.63, 3.8) is 0 Å². The van der Waals surface area contributed by atoms with E-state index in [0.717, 1.165) is 29.4 Å². The lowest BCUT2D eigenvalue weighted by molar-refractivity contribution is 0.0657. The Balaban J connectivity index is 0.00000385. The summed E-state index contributed by atoms with van der Waals surface area (Å²) in [5, 5.41) is 3.37. The van der Waals surface area contributed by atoms with Gasteiger partial charge in [0.15, 0.2) is 23.2 Å². The maximum absolute atomic E-state index is 12.5. The van der Waals surface area contributed by atoms with E-state index in [1.165, 1.54) is 6.26 Å². The molecule has 0 radical (unpaired) electrons. The molecule has 0 atom stereocenters. The first-order valence-corrected chi connectivity index (χ1v) is 10.8. The van der Waals surface area contributed by atoms with E-state index in [9.17, 15) is 4.79 Å². The van der Waals surface area contributed by atoms with Crippen LogP contribution in [0.2, 0.25) is 0 Å². The van der Waals surface area contributed by atoms with E-state index in [4.69, 9.17) is 18.9 Å². The van der Waals surface area contributed by atoms with Crippen LogP contribution in [0.4, 0.5) is 0 Å². The SMILES string of the molecule is C=CCc1cc(CN=C(NCC)N2CCN(C(=O)c3ccco3)CC2)cc(OC)c1OC.I. The van der Waals surface area contributed by atoms with E-state index in [1.54, 1.807) is 26.4 Å². The fraction of sp³-hybridized carbons (Fsp3) is 0.417. The molecule has 1 aliphatic heterocycles. The van der Waals surface area contributed by atoms with Crippen molar-refractivity contribution in [1.82, 2.24) is 15.1 Å². The van der Waals surface area contributed by atoms with Crippen LogP contribution in [0.3, 0.4) is 0 Å². The Kier molecular flexibility index (Phi) is 10.6. The summed E-state index contributed by atoms with van der Waals surface area (Å²) in [7, 11) is 3.28. The van der Waals surface area contributed by atoms with Gasteiger partial charge in [-0.15, -0.1) is 30.6 Å². The highest BCUT2D eigenvalue weighted by atomic mass is 127. The summed E-state index contributed by atoms with van der Waals surface area (Å²) >= 11 is 0. The predicted octanol–water partition coefficient (Wildman–Crippen LogP) is 3.57. The number of carbonyl (C=O) groups excluding carboxylic acids is 1. The van der Waals surface area contributed by atoms with Crippen LogP contribution in [0.25, 0.3) is 0 Å².